The van der Waals surface area contributed by atoms with Crippen molar-refractivity contribution >= 4 is 32.3 Å². The van der Waals surface area contributed by atoms with Crippen LogP contribution in [0.15, 0.2) is 59.6 Å². The number of hydrogen-bond acceptors (Lipinski definition) is 5. The molecule has 0 fully saturated rings. The first-order chi connectivity index (χ1) is 10.0. The summed E-state index contributed by atoms with van der Waals surface area (Å²) in [5.41, 5.74) is 0.702. The van der Waals surface area contributed by atoms with E-state index >= 15 is 0 Å². The van der Waals surface area contributed by atoms with Gasteiger partial charge in [0.15, 0.2) is 5.82 Å². The monoisotopic (exact) mass is 300 g/mol. The Hall–Kier alpha value is -2.51. The third-order valence-electron chi connectivity index (χ3n) is 3.02. The number of anilines is 2. The van der Waals surface area contributed by atoms with Gasteiger partial charge in [-0.25, -0.2) is 13.6 Å². The first-order valence-corrected chi connectivity index (χ1v) is 7.69. The number of benzene rings is 2. The number of sulfonamides is 1. The fourth-order valence-electron chi connectivity index (χ4n) is 1.98. The number of nitrogens with one attached hydrogen (secondary N) is 1. The molecule has 3 N–H and O–H groups in total. The van der Waals surface area contributed by atoms with Crippen LogP contribution in [0.3, 0.4) is 0 Å². The molecule has 7 heteroatoms. The van der Waals surface area contributed by atoms with Crippen LogP contribution in [0.25, 0.3) is 10.8 Å². The second-order valence-corrected chi connectivity index (χ2v) is 6.04. The molecule has 3 aromatic rings. The number of hydrogen-bond donors (Lipinski definition) is 2. The van der Waals surface area contributed by atoms with Crippen molar-refractivity contribution in [1.82, 2.24) is 10.2 Å². The van der Waals surface area contributed by atoms with Crippen LogP contribution in [0, 0.1) is 0 Å². The summed E-state index contributed by atoms with van der Waals surface area (Å²) in [7, 11) is -3.68. The SMILES string of the molecule is NS(=O)(=O)c1ccc(Nc2nncc3ccccc23)cc1. The molecule has 0 atom stereocenters. The number of nitrogens with zero attached hydrogens (tertiary/aromatic N) is 2. The van der Waals surface area contributed by atoms with Gasteiger partial charge in [-0.15, -0.1) is 5.10 Å². The Kier molecular flexibility index (Phi) is 3.28. The summed E-state index contributed by atoms with van der Waals surface area (Å²) in [4.78, 5) is 0.0667. The smallest absolute Gasteiger partial charge is 0.238 e. The quantitative estimate of drug-likeness (QED) is 0.771. The number of fused-ring (bicyclic) bond motifs is 1. The second kappa shape index (κ2) is 5.12. The van der Waals surface area contributed by atoms with Gasteiger partial charge in [-0.2, -0.15) is 5.10 Å². The van der Waals surface area contributed by atoms with Crippen molar-refractivity contribution in [2.45, 2.75) is 4.90 Å². The minimum absolute atomic E-state index is 0.0667. The molecule has 0 unspecified atom stereocenters. The number of rotatable bonds is 3. The molecular weight excluding hydrogens is 288 g/mol. The normalized spacial score (nSPS) is 11.5. The molecule has 0 aliphatic heterocycles. The van der Waals surface area contributed by atoms with Crippen LogP contribution in [-0.2, 0) is 10.0 Å². The zero-order valence-corrected chi connectivity index (χ0v) is 11.7. The molecule has 0 saturated heterocycles. The van der Waals surface area contributed by atoms with Crippen LogP contribution in [0.2, 0.25) is 0 Å². The van der Waals surface area contributed by atoms with Crippen LogP contribution in [-0.4, -0.2) is 18.6 Å². The zero-order valence-electron chi connectivity index (χ0n) is 10.9. The molecule has 0 spiro atoms. The average molecular weight is 300 g/mol. The third kappa shape index (κ3) is 2.83. The largest absolute Gasteiger partial charge is 0.338 e. The maximum atomic E-state index is 11.2. The lowest BCUT2D eigenvalue weighted by Gasteiger charge is -2.08. The summed E-state index contributed by atoms with van der Waals surface area (Å²) in [6.07, 6.45) is 1.69. The topological polar surface area (TPSA) is 98.0 Å². The molecule has 6 nitrogen and oxygen atoms in total. The van der Waals surface area contributed by atoms with E-state index < -0.39 is 10.0 Å². The first kappa shape index (κ1) is 13.5. The molecule has 106 valence electrons. The molecule has 0 aliphatic rings. The standard InChI is InChI=1S/C14H12N4O2S/c15-21(19,20)12-7-5-11(6-8-12)17-14-13-4-2-1-3-10(13)9-16-18-14/h1-9H,(H,17,18)(H2,15,19,20). The van der Waals surface area contributed by atoms with E-state index in [-0.39, 0.29) is 4.90 Å². The van der Waals surface area contributed by atoms with Crippen LogP contribution in [0.4, 0.5) is 11.5 Å². The van der Waals surface area contributed by atoms with Crippen LogP contribution in [0.1, 0.15) is 0 Å². The van der Waals surface area contributed by atoms with E-state index in [1.807, 2.05) is 24.3 Å². The summed E-state index contributed by atoms with van der Waals surface area (Å²) in [6.45, 7) is 0. The Morgan fingerprint density at radius 3 is 2.43 bits per heavy atom. The summed E-state index contributed by atoms with van der Waals surface area (Å²) in [5, 5.41) is 18.1. The number of aromatic nitrogens is 2. The van der Waals surface area contributed by atoms with E-state index in [4.69, 9.17) is 5.14 Å². The van der Waals surface area contributed by atoms with Gasteiger partial charge < -0.3 is 5.32 Å². The van der Waals surface area contributed by atoms with Crippen molar-refractivity contribution in [3.05, 3.63) is 54.7 Å². The van der Waals surface area contributed by atoms with E-state index in [1.54, 1.807) is 18.3 Å². The van der Waals surface area contributed by atoms with Crippen molar-refractivity contribution in [3.8, 4) is 0 Å². The number of primary sulfonamides is 1. The van der Waals surface area contributed by atoms with Gasteiger partial charge in [0.25, 0.3) is 0 Å². The summed E-state index contributed by atoms with van der Waals surface area (Å²) >= 11 is 0. The van der Waals surface area contributed by atoms with Gasteiger partial charge in [0.2, 0.25) is 10.0 Å². The summed E-state index contributed by atoms with van der Waals surface area (Å²) < 4.78 is 22.4. The van der Waals surface area contributed by atoms with Gasteiger partial charge >= 0.3 is 0 Å². The van der Waals surface area contributed by atoms with Gasteiger partial charge in [0, 0.05) is 16.5 Å². The predicted molar refractivity (Wildman–Crippen MR) is 80.6 cm³/mol. The number of nitrogens with two attached hydrogens (primary N) is 1. The second-order valence-electron chi connectivity index (χ2n) is 4.47. The van der Waals surface area contributed by atoms with Crippen molar-refractivity contribution in [2.24, 2.45) is 5.14 Å². The molecule has 0 aliphatic carbocycles. The van der Waals surface area contributed by atoms with Crippen molar-refractivity contribution < 1.29 is 8.42 Å². The lowest BCUT2D eigenvalue weighted by molar-refractivity contribution is 0.598. The Morgan fingerprint density at radius 2 is 1.71 bits per heavy atom. The minimum Gasteiger partial charge on any atom is -0.338 e. The van der Waals surface area contributed by atoms with Gasteiger partial charge in [0.1, 0.15) is 0 Å². The molecular formula is C14H12N4O2S. The maximum absolute atomic E-state index is 11.2. The molecule has 21 heavy (non-hydrogen) atoms. The highest BCUT2D eigenvalue weighted by Gasteiger charge is 2.08. The highest BCUT2D eigenvalue weighted by atomic mass is 32.2. The van der Waals surface area contributed by atoms with E-state index in [0.29, 0.717) is 11.5 Å². The predicted octanol–water partition coefficient (Wildman–Crippen LogP) is 2.02. The van der Waals surface area contributed by atoms with Gasteiger partial charge in [-0.1, -0.05) is 24.3 Å². The summed E-state index contributed by atoms with van der Waals surface area (Å²) in [5.74, 6) is 0.608. The third-order valence-corrected chi connectivity index (χ3v) is 3.95. The highest BCUT2D eigenvalue weighted by Crippen LogP contribution is 2.23. The Morgan fingerprint density at radius 1 is 1.00 bits per heavy atom. The Bertz CT molecular complexity index is 887. The fraction of sp³-hybridized carbons (Fsp3) is 0. The molecule has 0 radical (unpaired) electrons. The lowest BCUT2D eigenvalue weighted by atomic mass is 10.2. The van der Waals surface area contributed by atoms with Crippen molar-refractivity contribution in [2.75, 3.05) is 5.32 Å². The molecule has 0 saturated carbocycles. The molecule has 1 heterocycles. The fourth-order valence-corrected chi connectivity index (χ4v) is 2.50. The van der Waals surface area contributed by atoms with Crippen LogP contribution >= 0.6 is 0 Å². The van der Waals surface area contributed by atoms with E-state index in [9.17, 15) is 8.42 Å². The molecule has 2 aromatic carbocycles. The van der Waals surface area contributed by atoms with Crippen molar-refractivity contribution in [1.29, 1.82) is 0 Å². The van der Waals surface area contributed by atoms with E-state index in [0.717, 1.165) is 10.8 Å². The van der Waals surface area contributed by atoms with Gasteiger partial charge in [-0.3, -0.25) is 0 Å². The lowest BCUT2D eigenvalue weighted by Crippen LogP contribution is -2.11. The van der Waals surface area contributed by atoms with Gasteiger partial charge in [-0.05, 0) is 24.3 Å². The van der Waals surface area contributed by atoms with Crippen molar-refractivity contribution in [3.63, 3.8) is 0 Å². The Balaban J connectivity index is 1.96. The van der Waals surface area contributed by atoms with Crippen LogP contribution < -0.4 is 10.5 Å². The minimum atomic E-state index is -3.68. The van der Waals surface area contributed by atoms with Gasteiger partial charge in [0.05, 0.1) is 11.1 Å². The molecule has 0 amide bonds. The average Bonchev–Trinajstić information content (AvgIpc) is 2.47. The summed E-state index contributed by atoms with van der Waals surface area (Å²) in [6, 6.07) is 13.9. The van der Waals surface area contributed by atoms with Crippen LogP contribution in [0.5, 0.6) is 0 Å². The zero-order chi connectivity index (χ0) is 14.9. The molecule has 0 bridgehead atoms. The first-order valence-electron chi connectivity index (χ1n) is 6.14. The van der Waals surface area contributed by atoms with E-state index in [1.165, 1.54) is 12.1 Å². The molecule has 1 aromatic heterocycles. The highest BCUT2D eigenvalue weighted by molar-refractivity contribution is 7.89. The van der Waals surface area contributed by atoms with E-state index in [2.05, 4.69) is 15.5 Å². The maximum Gasteiger partial charge on any atom is 0.238 e. The molecule has 3 rings (SSSR count). The Labute approximate surface area is 121 Å².